The van der Waals surface area contributed by atoms with Gasteiger partial charge in [-0.3, -0.25) is 16.1 Å². The lowest BCUT2D eigenvalue weighted by Crippen LogP contribution is -2.40. The van der Waals surface area contributed by atoms with Gasteiger partial charge in [-0.1, -0.05) is 19.3 Å². The highest BCUT2D eigenvalue weighted by atomic mass is 16.1. The highest BCUT2D eigenvalue weighted by molar-refractivity contribution is 5.76. The van der Waals surface area contributed by atoms with E-state index in [2.05, 4.69) is 10.7 Å². The van der Waals surface area contributed by atoms with Crippen molar-refractivity contribution in [2.45, 2.75) is 38.5 Å². The first-order valence-corrected chi connectivity index (χ1v) is 6.13. The maximum Gasteiger partial charge on any atom is 0.220 e. The summed E-state index contributed by atoms with van der Waals surface area (Å²) >= 11 is 0. The molecule has 1 rings (SSSR count). The van der Waals surface area contributed by atoms with Crippen LogP contribution in [0.15, 0.2) is 0 Å². The first kappa shape index (κ1) is 13.4. The summed E-state index contributed by atoms with van der Waals surface area (Å²) in [5, 5.41) is 2.85. The van der Waals surface area contributed by atoms with E-state index < -0.39 is 0 Å². The fourth-order valence-electron chi connectivity index (χ4n) is 2.43. The number of amides is 1. The Bertz CT molecular complexity index is 214. The monoisotopic (exact) mass is 228 g/mol. The summed E-state index contributed by atoms with van der Waals surface area (Å²) in [7, 11) is 0. The number of hydrazine groups is 1. The molecular weight excluding hydrogens is 204 g/mol. The molecule has 1 fully saturated rings. The summed E-state index contributed by atoms with van der Waals surface area (Å²) in [5.41, 5.74) is 8.39. The van der Waals surface area contributed by atoms with E-state index in [1.165, 1.54) is 19.3 Å². The summed E-state index contributed by atoms with van der Waals surface area (Å²) in [5.74, 6) is 5.23. The lowest BCUT2D eigenvalue weighted by molar-refractivity contribution is -0.123. The number of carbonyl (C=O) groups excluding carboxylic acids is 1. The van der Waals surface area contributed by atoms with Gasteiger partial charge in [0.2, 0.25) is 5.91 Å². The van der Waals surface area contributed by atoms with Crippen molar-refractivity contribution in [2.75, 3.05) is 19.6 Å². The third kappa shape index (κ3) is 4.08. The van der Waals surface area contributed by atoms with Gasteiger partial charge in [-0.15, -0.1) is 0 Å². The number of hydrogen-bond acceptors (Lipinski definition) is 4. The van der Waals surface area contributed by atoms with Gasteiger partial charge in [-0.25, -0.2) is 0 Å². The van der Waals surface area contributed by atoms with Crippen LogP contribution in [0.5, 0.6) is 0 Å². The molecule has 5 heteroatoms. The molecule has 1 amide bonds. The Kier molecular flexibility index (Phi) is 5.73. The Morgan fingerprint density at radius 1 is 1.19 bits per heavy atom. The molecule has 16 heavy (non-hydrogen) atoms. The van der Waals surface area contributed by atoms with Crippen LogP contribution >= 0.6 is 0 Å². The van der Waals surface area contributed by atoms with Crippen LogP contribution in [0.1, 0.15) is 38.5 Å². The van der Waals surface area contributed by atoms with E-state index in [0.29, 0.717) is 26.1 Å². The van der Waals surface area contributed by atoms with Crippen molar-refractivity contribution in [3.8, 4) is 0 Å². The summed E-state index contributed by atoms with van der Waals surface area (Å²) in [4.78, 5) is 11.7. The molecule has 0 aromatic carbocycles. The topological polar surface area (TPSA) is 93.2 Å². The van der Waals surface area contributed by atoms with Crippen LogP contribution in [0.4, 0.5) is 0 Å². The summed E-state index contributed by atoms with van der Waals surface area (Å²) < 4.78 is 0. The fourth-order valence-corrected chi connectivity index (χ4v) is 2.43. The zero-order chi connectivity index (χ0) is 11.9. The fraction of sp³-hybridized carbons (Fsp3) is 0.909. The molecule has 0 saturated heterocycles. The zero-order valence-electron chi connectivity index (χ0n) is 9.93. The third-order valence-electron chi connectivity index (χ3n) is 3.47. The van der Waals surface area contributed by atoms with Crippen molar-refractivity contribution in [3.63, 3.8) is 0 Å². The minimum Gasteiger partial charge on any atom is -0.355 e. The van der Waals surface area contributed by atoms with Crippen molar-refractivity contribution >= 4 is 5.91 Å². The average Bonchev–Trinajstić information content (AvgIpc) is 2.30. The zero-order valence-corrected chi connectivity index (χ0v) is 9.93. The molecule has 1 aliphatic carbocycles. The lowest BCUT2D eigenvalue weighted by Gasteiger charge is -2.35. The molecule has 0 unspecified atom stereocenters. The van der Waals surface area contributed by atoms with Gasteiger partial charge >= 0.3 is 0 Å². The highest BCUT2D eigenvalue weighted by Crippen LogP contribution is 2.38. The molecule has 94 valence electrons. The minimum atomic E-state index is 0.0540. The second-order valence-electron chi connectivity index (χ2n) is 4.75. The Hall–Kier alpha value is -0.650. The minimum absolute atomic E-state index is 0.0540. The van der Waals surface area contributed by atoms with Gasteiger partial charge < -0.3 is 11.1 Å². The molecule has 0 aromatic rings. The number of carbonyl (C=O) groups is 1. The van der Waals surface area contributed by atoms with Crippen molar-refractivity contribution < 1.29 is 4.79 Å². The molecule has 5 nitrogen and oxygen atoms in total. The smallest absolute Gasteiger partial charge is 0.220 e. The van der Waals surface area contributed by atoms with E-state index in [-0.39, 0.29) is 11.3 Å². The van der Waals surface area contributed by atoms with Crippen molar-refractivity contribution in [1.29, 1.82) is 0 Å². The molecule has 1 saturated carbocycles. The molecule has 0 aliphatic heterocycles. The van der Waals surface area contributed by atoms with Gasteiger partial charge in [-0.2, -0.15) is 0 Å². The highest BCUT2D eigenvalue weighted by Gasteiger charge is 2.32. The summed E-state index contributed by atoms with van der Waals surface area (Å²) in [6, 6.07) is 0. The molecule has 0 radical (unpaired) electrons. The van der Waals surface area contributed by atoms with E-state index in [1.807, 2.05) is 0 Å². The molecule has 0 heterocycles. The Morgan fingerprint density at radius 2 is 1.88 bits per heavy atom. The predicted octanol–water partition coefficient (Wildman–Crippen LogP) is -0.135. The van der Waals surface area contributed by atoms with Crippen LogP contribution in [0, 0.1) is 5.41 Å². The SMILES string of the molecule is NCC1(CC(=O)NCCNN)CCCCC1. The van der Waals surface area contributed by atoms with Crippen molar-refractivity contribution in [2.24, 2.45) is 17.0 Å². The second kappa shape index (κ2) is 6.83. The first-order chi connectivity index (χ1) is 7.72. The van der Waals surface area contributed by atoms with Crippen LogP contribution in [0.3, 0.4) is 0 Å². The molecule has 0 bridgehead atoms. The number of rotatable bonds is 6. The number of nitrogens with two attached hydrogens (primary N) is 2. The number of hydrogen-bond donors (Lipinski definition) is 4. The van der Waals surface area contributed by atoms with E-state index in [1.54, 1.807) is 0 Å². The summed E-state index contributed by atoms with van der Waals surface area (Å²) in [6.07, 6.45) is 6.43. The standard InChI is InChI=1S/C11H24N4O/c12-9-11(4-2-1-3-5-11)8-10(16)14-6-7-15-13/h15H,1-9,12-13H2,(H,14,16). The normalized spacial score (nSPS) is 19.4. The van der Waals surface area contributed by atoms with Crippen LogP contribution in [-0.4, -0.2) is 25.5 Å². The van der Waals surface area contributed by atoms with Gasteiger partial charge in [0, 0.05) is 19.5 Å². The number of nitrogens with one attached hydrogen (secondary N) is 2. The van der Waals surface area contributed by atoms with Crippen molar-refractivity contribution in [3.05, 3.63) is 0 Å². The summed E-state index contributed by atoms with van der Waals surface area (Å²) in [6.45, 7) is 1.80. The predicted molar refractivity (Wildman–Crippen MR) is 64.4 cm³/mol. The largest absolute Gasteiger partial charge is 0.355 e. The lowest BCUT2D eigenvalue weighted by atomic mass is 9.71. The van der Waals surface area contributed by atoms with Gasteiger partial charge in [0.15, 0.2) is 0 Å². The maximum absolute atomic E-state index is 11.7. The van der Waals surface area contributed by atoms with Gasteiger partial charge in [0.05, 0.1) is 0 Å². The quantitative estimate of drug-likeness (QED) is 0.289. The Morgan fingerprint density at radius 3 is 2.44 bits per heavy atom. The van der Waals surface area contributed by atoms with Crippen LogP contribution in [-0.2, 0) is 4.79 Å². The van der Waals surface area contributed by atoms with Gasteiger partial charge in [0.25, 0.3) is 0 Å². The van der Waals surface area contributed by atoms with E-state index >= 15 is 0 Å². The van der Waals surface area contributed by atoms with Crippen LogP contribution in [0.2, 0.25) is 0 Å². The molecule has 6 N–H and O–H groups in total. The van der Waals surface area contributed by atoms with Crippen LogP contribution < -0.4 is 22.3 Å². The van der Waals surface area contributed by atoms with Crippen LogP contribution in [0.25, 0.3) is 0 Å². The second-order valence-corrected chi connectivity index (χ2v) is 4.75. The Labute approximate surface area is 97.3 Å². The van der Waals surface area contributed by atoms with Gasteiger partial charge in [-0.05, 0) is 24.8 Å². The molecular formula is C11H24N4O. The molecule has 0 aromatic heterocycles. The van der Waals surface area contributed by atoms with Crippen molar-refractivity contribution in [1.82, 2.24) is 10.7 Å². The van der Waals surface area contributed by atoms with E-state index in [4.69, 9.17) is 11.6 Å². The first-order valence-electron chi connectivity index (χ1n) is 6.13. The molecule has 1 aliphatic rings. The average molecular weight is 228 g/mol. The maximum atomic E-state index is 11.7. The van der Waals surface area contributed by atoms with E-state index in [9.17, 15) is 4.79 Å². The molecule has 0 spiro atoms. The Balaban J connectivity index is 2.33. The van der Waals surface area contributed by atoms with Gasteiger partial charge in [0.1, 0.15) is 0 Å². The molecule has 0 atom stereocenters. The van der Waals surface area contributed by atoms with E-state index in [0.717, 1.165) is 12.8 Å². The third-order valence-corrected chi connectivity index (χ3v) is 3.47.